The fourth-order valence-corrected chi connectivity index (χ4v) is 1.90. The highest BCUT2D eigenvalue weighted by molar-refractivity contribution is 5.83. The molecule has 1 aliphatic rings. The Labute approximate surface area is 109 Å². The van der Waals surface area contributed by atoms with Gasteiger partial charge in [0, 0.05) is 23.7 Å². The Kier molecular flexibility index (Phi) is 3.37. The molecule has 0 atom stereocenters. The van der Waals surface area contributed by atoms with Crippen LogP contribution < -0.4 is 0 Å². The summed E-state index contributed by atoms with van der Waals surface area (Å²) in [4.78, 5) is 13.8. The molecule has 0 aromatic heterocycles. The van der Waals surface area contributed by atoms with E-state index in [4.69, 9.17) is 0 Å². The molecule has 1 aromatic carbocycles. The van der Waals surface area contributed by atoms with Gasteiger partial charge in [-0.2, -0.15) is 0 Å². The maximum Gasteiger partial charge on any atom is 0.235 e. The molecule has 1 heterocycles. The van der Waals surface area contributed by atoms with Gasteiger partial charge in [0.1, 0.15) is 0 Å². The van der Waals surface area contributed by atoms with E-state index in [1.165, 1.54) is 5.56 Å². The van der Waals surface area contributed by atoms with Crippen molar-refractivity contribution in [2.24, 2.45) is 5.41 Å². The maximum absolute atomic E-state index is 12.1. The molecule has 1 aliphatic heterocycles. The van der Waals surface area contributed by atoms with Gasteiger partial charge in [0.15, 0.2) is 0 Å². The molecule has 0 unspecified atom stereocenters. The minimum Gasteiger partial charge on any atom is -0.295 e. The molecule has 18 heavy (non-hydrogen) atoms. The molecule has 2 rings (SSSR count). The maximum atomic E-state index is 12.1. The number of rotatable bonds is 1. The van der Waals surface area contributed by atoms with Crippen molar-refractivity contribution in [2.45, 2.75) is 26.7 Å². The number of hydrogen-bond acceptors (Lipinski definition) is 1. The van der Waals surface area contributed by atoms with Crippen LogP contribution in [0.2, 0.25) is 0 Å². The topological polar surface area (TPSA) is 20.3 Å². The number of carbonyl (C=O) groups excluding carboxylic acids is 1. The summed E-state index contributed by atoms with van der Waals surface area (Å²) in [5, 5.41) is 0. The lowest BCUT2D eigenvalue weighted by Crippen LogP contribution is -2.33. The van der Waals surface area contributed by atoms with E-state index in [-0.39, 0.29) is 17.2 Å². The van der Waals surface area contributed by atoms with Gasteiger partial charge in [-0.15, -0.1) is 0 Å². The summed E-state index contributed by atoms with van der Waals surface area (Å²) in [5.74, 6) is 0.372. The third kappa shape index (κ3) is 2.70. The summed E-state index contributed by atoms with van der Waals surface area (Å²) >= 11 is 0. The van der Waals surface area contributed by atoms with Gasteiger partial charge in [-0.3, -0.25) is 9.69 Å². The average Bonchev–Trinajstić information content (AvgIpc) is 2.38. The molecule has 0 fully saturated rings. The highest BCUT2D eigenvalue weighted by Gasteiger charge is 2.26. The lowest BCUT2D eigenvalue weighted by atomic mass is 9.93. The van der Waals surface area contributed by atoms with Crippen molar-refractivity contribution in [1.82, 2.24) is 4.90 Å². The number of hydrogen-bond donors (Lipinski definition) is 0. The van der Waals surface area contributed by atoms with E-state index in [0.29, 0.717) is 0 Å². The fourth-order valence-electron chi connectivity index (χ4n) is 1.90. The van der Waals surface area contributed by atoms with Crippen molar-refractivity contribution in [1.29, 1.82) is 0 Å². The molecule has 0 bridgehead atoms. The molecule has 1 aromatic rings. The summed E-state index contributed by atoms with van der Waals surface area (Å²) in [7, 11) is 0. The van der Waals surface area contributed by atoms with Crippen LogP contribution in [0.5, 0.6) is 0 Å². The van der Waals surface area contributed by atoms with E-state index in [2.05, 4.69) is 24.3 Å². The van der Waals surface area contributed by atoms with Gasteiger partial charge < -0.3 is 0 Å². The Morgan fingerprint density at radius 3 is 2.11 bits per heavy atom. The predicted octanol–water partition coefficient (Wildman–Crippen LogP) is 3.69. The van der Waals surface area contributed by atoms with Gasteiger partial charge in [-0.1, -0.05) is 63.3 Å². The first kappa shape index (κ1) is 12.6. The van der Waals surface area contributed by atoms with Gasteiger partial charge in [-0.25, -0.2) is 0 Å². The van der Waals surface area contributed by atoms with Crippen molar-refractivity contribution < 1.29 is 4.79 Å². The van der Waals surface area contributed by atoms with Crippen molar-refractivity contribution in [2.75, 3.05) is 0 Å². The van der Waals surface area contributed by atoms with E-state index < -0.39 is 0 Å². The SMILES string of the molecule is CC(C)(C)C(=O)N1C=CC(c2ccccc2)C=C1. The second kappa shape index (κ2) is 4.81. The fraction of sp³-hybridized carbons (Fsp3) is 0.312. The van der Waals surface area contributed by atoms with Crippen LogP contribution in [0.4, 0.5) is 0 Å². The number of amides is 1. The zero-order valence-electron chi connectivity index (χ0n) is 11.1. The zero-order valence-corrected chi connectivity index (χ0v) is 11.1. The van der Waals surface area contributed by atoms with Crippen LogP contribution in [0.1, 0.15) is 32.3 Å². The summed E-state index contributed by atoms with van der Waals surface area (Å²) in [6.45, 7) is 5.79. The van der Waals surface area contributed by atoms with Crippen molar-refractivity contribution in [3.05, 3.63) is 60.4 Å². The largest absolute Gasteiger partial charge is 0.295 e. The van der Waals surface area contributed by atoms with E-state index in [1.807, 2.05) is 51.4 Å². The normalized spacial score (nSPS) is 16.1. The Morgan fingerprint density at radius 1 is 1.06 bits per heavy atom. The standard InChI is InChI=1S/C16H19NO/c1-16(2,3)15(18)17-11-9-14(10-12-17)13-7-5-4-6-8-13/h4-12,14H,1-3H3. The lowest BCUT2D eigenvalue weighted by Gasteiger charge is -2.26. The van der Waals surface area contributed by atoms with Gasteiger partial charge >= 0.3 is 0 Å². The number of carbonyl (C=O) groups is 1. The van der Waals surface area contributed by atoms with Crippen molar-refractivity contribution in [3.63, 3.8) is 0 Å². The van der Waals surface area contributed by atoms with Crippen LogP contribution in [-0.2, 0) is 4.79 Å². The van der Waals surface area contributed by atoms with Crippen LogP contribution in [0, 0.1) is 5.41 Å². The average molecular weight is 241 g/mol. The van der Waals surface area contributed by atoms with E-state index in [9.17, 15) is 4.79 Å². The molecule has 0 spiro atoms. The highest BCUT2D eigenvalue weighted by atomic mass is 16.2. The lowest BCUT2D eigenvalue weighted by molar-refractivity contribution is -0.134. The number of allylic oxidation sites excluding steroid dienone is 2. The number of nitrogens with zero attached hydrogens (tertiary/aromatic N) is 1. The smallest absolute Gasteiger partial charge is 0.235 e. The van der Waals surface area contributed by atoms with Gasteiger partial charge in [0.2, 0.25) is 5.91 Å². The molecule has 2 nitrogen and oxygen atoms in total. The molecule has 94 valence electrons. The number of benzene rings is 1. The molecule has 0 saturated carbocycles. The van der Waals surface area contributed by atoms with Crippen LogP contribution >= 0.6 is 0 Å². The van der Waals surface area contributed by atoms with E-state index >= 15 is 0 Å². The van der Waals surface area contributed by atoms with Crippen LogP contribution in [0.15, 0.2) is 54.9 Å². The van der Waals surface area contributed by atoms with Gasteiger partial charge in [0.25, 0.3) is 0 Å². The monoisotopic (exact) mass is 241 g/mol. The minimum atomic E-state index is -0.353. The van der Waals surface area contributed by atoms with Crippen molar-refractivity contribution >= 4 is 5.91 Å². The molecular weight excluding hydrogens is 222 g/mol. The Bertz CT molecular complexity index is 466. The second-order valence-electron chi connectivity index (χ2n) is 5.58. The van der Waals surface area contributed by atoms with Crippen LogP contribution in [-0.4, -0.2) is 10.8 Å². The summed E-state index contributed by atoms with van der Waals surface area (Å²) in [6, 6.07) is 10.3. The summed E-state index contributed by atoms with van der Waals surface area (Å²) in [5.41, 5.74) is 0.890. The first-order valence-electron chi connectivity index (χ1n) is 6.23. The first-order chi connectivity index (χ1) is 8.48. The molecule has 0 radical (unpaired) electrons. The van der Waals surface area contributed by atoms with Gasteiger partial charge in [0.05, 0.1) is 0 Å². The Morgan fingerprint density at radius 2 is 1.61 bits per heavy atom. The van der Waals surface area contributed by atoms with Crippen LogP contribution in [0.25, 0.3) is 0 Å². The second-order valence-corrected chi connectivity index (χ2v) is 5.58. The molecule has 2 heteroatoms. The van der Waals surface area contributed by atoms with E-state index in [0.717, 1.165) is 0 Å². The third-order valence-electron chi connectivity index (χ3n) is 2.97. The zero-order chi connectivity index (χ0) is 13.2. The quantitative estimate of drug-likeness (QED) is 0.734. The van der Waals surface area contributed by atoms with E-state index in [1.54, 1.807) is 4.90 Å². The summed E-state index contributed by atoms with van der Waals surface area (Å²) in [6.07, 6.45) is 7.84. The molecule has 0 saturated heterocycles. The molecule has 0 aliphatic carbocycles. The minimum absolute atomic E-state index is 0.113. The molecule has 0 N–H and O–H groups in total. The molecule has 1 amide bonds. The highest BCUT2D eigenvalue weighted by Crippen LogP contribution is 2.25. The Hall–Kier alpha value is -1.83. The third-order valence-corrected chi connectivity index (χ3v) is 2.97. The van der Waals surface area contributed by atoms with Gasteiger partial charge in [-0.05, 0) is 5.56 Å². The van der Waals surface area contributed by atoms with Crippen LogP contribution in [0.3, 0.4) is 0 Å². The predicted molar refractivity (Wildman–Crippen MR) is 73.8 cm³/mol. The first-order valence-corrected chi connectivity index (χ1v) is 6.23. The Balaban J connectivity index is 2.11. The summed E-state index contributed by atoms with van der Waals surface area (Å²) < 4.78 is 0. The molecular formula is C16H19NO. The van der Waals surface area contributed by atoms with Crippen molar-refractivity contribution in [3.8, 4) is 0 Å².